The number of aromatic nitrogens is 2. The molecule has 1 aliphatic rings. The van der Waals surface area contributed by atoms with Gasteiger partial charge in [0.05, 0.1) is 25.2 Å². The first kappa shape index (κ1) is 13.0. The maximum Gasteiger partial charge on any atom is 0.330 e. The van der Waals surface area contributed by atoms with Crippen LogP contribution in [0, 0.1) is 5.92 Å². The summed E-state index contributed by atoms with van der Waals surface area (Å²) in [5.41, 5.74) is -1.24. The fraction of sp³-hybridized carbons (Fsp3) is 0.600. The van der Waals surface area contributed by atoms with Gasteiger partial charge in [-0.15, -0.1) is 0 Å². The van der Waals surface area contributed by atoms with Crippen LogP contribution in [0.1, 0.15) is 6.23 Å². The van der Waals surface area contributed by atoms with Crippen LogP contribution in [0.2, 0.25) is 0 Å². The zero-order chi connectivity index (χ0) is 13.3. The average Bonchev–Trinajstić information content (AvgIpc) is 2.65. The van der Waals surface area contributed by atoms with E-state index in [0.717, 1.165) is 10.6 Å². The summed E-state index contributed by atoms with van der Waals surface area (Å²) in [6.07, 6.45) is -1.65. The molecule has 1 aromatic heterocycles. The van der Waals surface area contributed by atoms with Crippen molar-refractivity contribution in [3.63, 3.8) is 0 Å². The van der Waals surface area contributed by atoms with Gasteiger partial charge in [-0.05, 0) is 0 Å². The van der Waals surface area contributed by atoms with Crippen molar-refractivity contribution < 1.29 is 20.1 Å². The number of nitrogens with zero attached hydrogens (tertiary/aromatic N) is 1. The molecule has 4 N–H and O–H groups in total. The largest absolute Gasteiger partial charge is 0.396 e. The third kappa shape index (κ3) is 2.10. The van der Waals surface area contributed by atoms with E-state index < -0.39 is 48.8 Å². The lowest BCUT2D eigenvalue weighted by molar-refractivity contribution is -0.0496. The van der Waals surface area contributed by atoms with Crippen molar-refractivity contribution >= 4 is 0 Å². The molecule has 0 amide bonds. The Kier molecular flexibility index (Phi) is 3.62. The van der Waals surface area contributed by atoms with Gasteiger partial charge in [0.1, 0.15) is 12.3 Å². The Labute approximate surface area is 101 Å². The Balaban J connectivity index is 2.38. The number of aliphatic hydroxyl groups excluding tert-OH is 3. The minimum Gasteiger partial charge on any atom is -0.396 e. The molecule has 18 heavy (non-hydrogen) atoms. The van der Waals surface area contributed by atoms with E-state index in [4.69, 9.17) is 9.84 Å². The van der Waals surface area contributed by atoms with Crippen LogP contribution >= 0.6 is 0 Å². The summed E-state index contributed by atoms with van der Waals surface area (Å²) in [5.74, 6) is -0.745. The fourth-order valence-corrected chi connectivity index (χ4v) is 2.05. The lowest BCUT2D eigenvalue weighted by Crippen LogP contribution is -2.36. The third-order valence-electron chi connectivity index (χ3n) is 3.02. The monoisotopic (exact) mass is 258 g/mol. The zero-order valence-corrected chi connectivity index (χ0v) is 9.39. The summed E-state index contributed by atoms with van der Waals surface area (Å²) < 4.78 is 6.38. The number of aliphatic hydroxyl groups is 3. The van der Waals surface area contributed by atoms with Crippen LogP contribution in [0.25, 0.3) is 0 Å². The molecule has 100 valence electrons. The first-order valence-corrected chi connectivity index (χ1v) is 5.45. The van der Waals surface area contributed by atoms with Gasteiger partial charge in [0, 0.05) is 12.3 Å². The van der Waals surface area contributed by atoms with Crippen molar-refractivity contribution in [3.8, 4) is 0 Å². The molecule has 0 saturated carbocycles. The summed E-state index contributed by atoms with van der Waals surface area (Å²) in [7, 11) is 0. The summed E-state index contributed by atoms with van der Waals surface area (Å²) in [5, 5.41) is 28.0. The van der Waals surface area contributed by atoms with Gasteiger partial charge in [-0.25, -0.2) is 4.79 Å². The van der Waals surface area contributed by atoms with E-state index in [2.05, 4.69) is 4.98 Å². The standard InChI is InChI=1S/C10H14N2O6/c13-3-5-8(16)6(4-14)18-9(5)12-2-1-7(15)11-10(12)17/h1-2,5-6,8-9,13-14,16H,3-4H2,(H,11,15,17)/t5-,6-,8+,9-/m1/s1. The van der Waals surface area contributed by atoms with E-state index >= 15 is 0 Å². The van der Waals surface area contributed by atoms with Crippen molar-refractivity contribution in [3.05, 3.63) is 33.1 Å². The average molecular weight is 258 g/mol. The van der Waals surface area contributed by atoms with E-state index in [0.29, 0.717) is 0 Å². The van der Waals surface area contributed by atoms with Crippen molar-refractivity contribution in [2.45, 2.75) is 18.4 Å². The minimum absolute atomic E-state index is 0.409. The Bertz CT molecular complexity index is 524. The second-order valence-corrected chi connectivity index (χ2v) is 4.10. The highest BCUT2D eigenvalue weighted by Gasteiger charge is 2.44. The van der Waals surface area contributed by atoms with Crippen LogP contribution in [0.3, 0.4) is 0 Å². The molecular formula is C10H14N2O6. The molecule has 0 aliphatic carbocycles. The molecule has 8 heteroatoms. The maximum atomic E-state index is 11.6. The quantitative estimate of drug-likeness (QED) is 0.471. The van der Waals surface area contributed by atoms with Gasteiger partial charge in [0.2, 0.25) is 0 Å². The van der Waals surface area contributed by atoms with Gasteiger partial charge in [-0.2, -0.15) is 0 Å². The second kappa shape index (κ2) is 5.02. The van der Waals surface area contributed by atoms with Crippen LogP contribution in [0.5, 0.6) is 0 Å². The number of aromatic amines is 1. The van der Waals surface area contributed by atoms with Crippen LogP contribution in [0.4, 0.5) is 0 Å². The van der Waals surface area contributed by atoms with Crippen molar-refractivity contribution in [1.82, 2.24) is 9.55 Å². The number of nitrogens with one attached hydrogen (secondary N) is 1. The van der Waals surface area contributed by atoms with E-state index in [9.17, 15) is 19.8 Å². The molecule has 0 bridgehead atoms. The third-order valence-corrected chi connectivity index (χ3v) is 3.02. The van der Waals surface area contributed by atoms with Crippen LogP contribution in [0.15, 0.2) is 21.9 Å². The van der Waals surface area contributed by atoms with Crippen molar-refractivity contribution in [2.24, 2.45) is 5.92 Å². The van der Waals surface area contributed by atoms with E-state index in [1.54, 1.807) is 0 Å². The molecule has 0 radical (unpaired) electrons. The van der Waals surface area contributed by atoms with Gasteiger partial charge < -0.3 is 20.1 Å². The molecule has 8 nitrogen and oxygen atoms in total. The Morgan fingerprint density at radius 1 is 1.33 bits per heavy atom. The summed E-state index contributed by atoms with van der Waals surface area (Å²) in [4.78, 5) is 24.6. The minimum atomic E-state index is -1.08. The van der Waals surface area contributed by atoms with Gasteiger partial charge in [0.25, 0.3) is 5.56 Å². The first-order valence-electron chi connectivity index (χ1n) is 5.45. The highest BCUT2D eigenvalue weighted by molar-refractivity contribution is 4.92. The molecule has 1 aromatic rings. The zero-order valence-electron chi connectivity index (χ0n) is 9.39. The number of ether oxygens (including phenoxy) is 1. The smallest absolute Gasteiger partial charge is 0.330 e. The molecule has 0 unspecified atom stereocenters. The molecule has 1 aliphatic heterocycles. The normalized spacial score (nSPS) is 31.7. The van der Waals surface area contributed by atoms with Crippen molar-refractivity contribution in [1.29, 1.82) is 0 Å². The highest BCUT2D eigenvalue weighted by atomic mass is 16.5. The summed E-state index contributed by atoms with van der Waals surface area (Å²) in [6, 6.07) is 1.14. The van der Waals surface area contributed by atoms with E-state index in [1.807, 2.05) is 0 Å². The van der Waals surface area contributed by atoms with Gasteiger partial charge in [0.15, 0.2) is 0 Å². The van der Waals surface area contributed by atoms with Gasteiger partial charge in [-0.3, -0.25) is 14.3 Å². The molecule has 0 aromatic carbocycles. The topological polar surface area (TPSA) is 125 Å². The molecular weight excluding hydrogens is 244 g/mol. The lowest BCUT2D eigenvalue weighted by atomic mass is 10.0. The number of hydrogen-bond acceptors (Lipinski definition) is 6. The van der Waals surface area contributed by atoms with E-state index in [-0.39, 0.29) is 0 Å². The predicted molar refractivity (Wildman–Crippen MR) is 58.9 cm³/mol. The molecule has 1 fully saturated rings. The van der Waals surface area contributed by atoms with Crippen molar-refractivity contribution in [2.75, 3.05) is 13.2 Å². The number of hydrogen-bond donors (Lipinski definition) is 4. The fourth-order valence-electron chi connectivity index (χ4n) is 2.05. The van der Waals surface area contributed by atoms with E-state index in [1.165, 1.54) is 6.20 Å². The Morgan fingerprint density at radius 2 is 2.06 bits per heavy atom. The van der Waals surface area contributed by atoms with Crippen LogP contribution in [-0.4, -0.2) is 50.3 Å². The Hall–Kier alpha value is -1.48. The van der Waals surface area contributed by atoms with Crippen LogP contribution < -0.4 is 11.2 Å². The molecule has 2 heterocycles. The predicted octanol–water partition coefficient (Wildman–Crippen LogP) is -2.60. The van der Waals surface area contributed by atoms with Gasteiger partial charge in [-0.1, -0.05) is 0 Å². The molecule has 2 rings (SSSR count). The summed E-state index contributed by atoms with van der Waals surface area (Å²) >= 11 is 0. The number of H-pyrrole nitrogens is 1. The molecule has 1 saturated heterocycles. The SMILES string of the molecule is O=c1ccn([C@@H]2O[C@H](CO)[C@@H](O)[C@H]2CO)c(=O)[nH]1. The lowest BCUT2D eigenvalue weighted by Gasteiger charge is -2.19. The van der Waals surface area contributed by atoms with Gasteiger partial charge >= 0.3 is 5.69 Å². The maximum absolute atomic E-state index is 11.6. The summed E-state index contributed by atoms with van der Waals surface area (Å²) in [6.45, 7) is -0.833. The molecule has 4 atom stereocenters. The Morgan fingerprint density at radius 3 is 2.61 bits per heavy atom. The highest BCUT2D eigenvalue weighted by Crippen LogP contribution is 2.33. The number of rotatable bonds is 3. The molecule has 0 spiro atoms. The second-order valence-electron chi connectivity index (χ2n) is 4.10. The first-order chi connectivity index (χ1) is 8.58. The van der Waals surface area contributed by atoms with Crippen LogP contribution in [-0.2, 0) is 4.74 Å².